The van der Waals surface area contributed by atoms with Gasteiger partial charge in [0.25, 0.3) is 0 Å². The SMILES string of the molecule is CC[C@H]1CCC2(CCOCC2)CO1. The van der Waals surface area contributed by atoms with Gasteiger partial charge in [0, 0.05) is 13.2 Å². The summed E-state index contributed by atoms with van der Waals surface area (Å²) in [5, 5.41) is 0. The molecule has 2 heterocycles. The molecule has 0 bridgehead atoms. The highest BCUT2D eigenvalue weighted by Gasteiger charge is 2.36. The van der Waals surface area contributed by atoms with Crippen molar-refractivity contribution in [2.45, 2.75) is 45.1 Å². The van der Waals surface area contributed by atoms with Crippen LogP contribution in [0, 0.1) is 5.41 Å². The molecule has 13 heavy (non-hydrogen) atoms. The van der Waals surface area contributed by atoms with E-state index in [0.717, 1.165) is 19.8 Å². The quantitative estimate of drug-likeness (QED) is 0.623. The summed E-state index contributed by atoms with van der Waals surface area (Å²) in [6, 6.07) is 0. The van der Waals surface area contributed by atoms with Crippen molar-refractivity contribution in [2.24, 2.45) is 5.41 Å². The smallest absolute Gasteiger partial charge is 0.0573 e. The molecule has 0 saturated carbocycles. The zero-order chi connectivity index (χ0) is 9.15. The third-order valence-electron chi connectivity index (χ3n) is 3.63. The first-order chi connectivity index (χ1) is 6.35. The van der Waals surface area contributed by atoms with Crippen molar-refractivity contribution in [3.8, 4) is 0 Å². The minimum absolute atomic E-state index is 0.490. The molecule has 2 rings (SSSR count). The Balaban J connectivity index is 1.87. The Bertz CT molecular complexity index is 151. The summed E-state index contributed by atoms with van der Waals surface area (Å²) in [7, 11) is 0. The Morgan fingerprint density at radius 3 is 2.54 bits per heavy atom. The summed E-state index contributed by atoms with van der Waals surface area (Å²) in [4.78, 5) is 0. The molecule has 1 spiro atoms. The van der Waals surface area contributed by atoms with E-state index in [4.69, 9.17) is 9.47 Å². The van der Waals surface area contributed by atoms with Crippen molar-refractivity contribution in [1.29, 1.82) is 0 Å². The molecule has 2 aliphatic rings. The second kappa shape index (κ2) is 3.97. The summed E-state index contributed by atoms with van der Waals surface area (Å²) in [5.74, 6) is 0. The van der Waals surface area contributed by atoms with E-state index in [9.17, 15) is 0 Å². The minimum Gasteiger partial charge on any atom is -0.381 e. The largest absolute Gasteiger partial charge is 0.381 e. The van der Waals surface area contributed by atoms with Gasteiger partial charge in [-0.25, -0.2) is 0 Å². The Morgan fingerprint density at radius 2 is 2.00 bits per heavy atom. The van der Waals surface area contributed by atoms with E-state index in [2.05, 4.69) is 6.92 Å². The van der Waals surface area contributed by atoms with Crippen LogP contribution in [0.2, 0.25) is 0 Å². The van der Waals surface area contributed by atoms with Crippen LogP contribution >= 0.6 is 0 Å². The Morgan fingerprint density at radius 1 is 1.23 bits per heavy atom. The normalized spacial score (nSPS) is 33.5. The molecule has 0 aliphatic carbocycles. The first-order valence-corrected chi connectivity index (χ1v) is 5.54. The number of hydrogen-bond acceptors (Lipinski definition) is 2. The highest BCUT2D eigenvalue weighted by atomic mass is 16.5. The third kappa shape index (κ3) is 2.05. The van der Waals surface area contributed by atoms with Gasteiger partial charge in [-0.2, -0.15) is 0 Å². The fraction of sp³-hybridized carbons (Fsp3) is 1.00. The summed E-state index contributed by atoms with van der Waals surface area (Å²) in [5.41, 5.74) is 0.490. The van der Waals surface area contributed by atoms with Gasteiger partial charge in [-0.15, -0.1) is 0 Å². The molecule has 0 N–H and O–H groups in total. The third-order valence-corrected chi connectivity index (χ3v) is 3.63. The van der Waals surface area contributed by atoms with Crippen molar-refractivity contribution >= 4 is 0 Å². The van der Waals surface area contributed by atoms with E-state index in [0.29, 0.717) is 11.5 Å². The molecule has 0 radical (unpaired) electrons. The molecule has 0 unspecified atom stereocenters. The van der Waals surface area contributed by atoms with E-state index in [1.165, 1.54) is 32.1 Å². The standard InChI is InChI=1S/C11H20O2/c1-2-10-3-4-11(9-13-10)5-7-12-8-6-11/h10H,2-9H2,1H3/t10-/m0/s1. The molecule has 1 atom stereocenters. The molecule has 2 aliphatic heterocycles. The van der Waals surface area contributed by atoms with Crippen LogP contribution in [-0.4, -0.2) is 25.9 Å². The van der Waals surface area contributed by atoms with Crippen LogP contribution in [0.4, 0.5) is 0 Å². The van der Waals surface area contributed by atoms with Gasteiger partial charge in [0.1, 0.15) is 0 Å². The predicted molar refractivity (Wildman–Crippen MR) is 51.8 cm³/mol. The number of rotatable bonds is 1. The maximum atomic E-state index is 5.86. The molecule has 2 nitrogen and oxygen atoms in total. The zero-order valence-corrected chi connectivity index (χ0v) is 8.55. The Hall–Kier alpha value is -0.0800. The van der Waals surface area contributed by atoms with Gasteiger partial charge >= 0.3 is 0 Å². The van der Waals surface area contributed by atoms with E-state index in [1.54, 1.807) is 0 Å². The summed E-state index contributed by atoms with van der Waals surface area (Å²) in [6.07, 6.45) is 6.75. The topological polar surface area (TPSA) is 18.5 Å². The predicted octanol–water partition coefficient (Wildman–Crippen LogP) is 2.37. The van der Waals surface area contributed by atoms with E-state index in [1.807, 2.05) is 0 Å². The van der Waals surface area contributed by atoms with Gasteiger partial charge in [0.05, 0.1) is 12.7 Å². The fourth-order valence-electron chi connectivity index (χ4n) is 2.44. The zero-order valence-electron chi connectivity index (χ0n) is 8.55. The molecule has 2 heteroatoms. The van der Waals surface area contributed by atoms with Crippen molar-refractivity contribution in [3.63, 3.8) is 0 Å². The van der Waals surface area contributed by atoms with Crippen molar-refractivity contribution in [3.05, 3.63) is 0 Å². The molecule has 0 aromatic rings. The van der Waals surface area contributed by atoms with Crippen molar-refractivity contribution in [2.75, 3.05) is 19.8 Å². The van der Waals surface area contributed by atoms with Crippen LogP contribution in [-0.2, 0) is 9.47 Å². The Labute approximate surface area is 80.6 Å². The van der Waals surface area contributed by atoms with Crippen molar-refractivity contribution < 1.29 is 9.47 Å². The molecule has 0 aromatic carbocycles. The lowest BCUT2D eigenvalue weighted by atomic mass is 9.75. The molecular weight excluding hydrogens is 164 g/mol. The number of hydrogen-bond donors (Lipinski definition) is 0. The van der Waals surface area contributed by atoms with E-state index >= 15 is 0 Å². The second-order valence-electron chi connectivity index (χ2n) is 4.49. The first kappa shape index (κ1) is 9.47. The van der Waals surface area contributed by atoms with Gasteiger partial charge in [-0.05, 0) is 37.5 Å². The molecule has 2 fully saturated rings. The summed E-state index contributed by atoms with van der Waals surface area (Å²) >= 11 is 0. The highest BCUT2D eigenvalue weighted by Crippen LogP contribution is 2.40. The lowest BCUT2D eigenvalue weighted by Crippen LogP contribution is -2.40. The summed E-state index contributed by atoms with van der Waals surface area (Å²) < 4.78 is 11.3. The average molecular weight is 184 g/mol. The van der Waals surface area contributed by atoms with Gasteiger partial charge in [-0.3, -0.25) is 0 Å². The maximum absolute atomic E-state index is 5.86. The molecular formula is C11H20O2. The molecule has 2 saturated heterocycles. The first-order valence-electron chi connectivity index (χ1n) is 5.54. The van der Waals surface area contributed by atoms with Gasteiger partial charge < -0.3 is 9.47 Å². The molecule has 76 valence electrons. The van der Waals surface area contributed by atoms with E-state index < -0.39 is 0 Å². The Kier molecular flexibility index (Phi) is 2.89. The van der Waals surface area contributed by atoms with Crippen LogP contribution < -0.4 is 0 Å². The average Bonchev–Trinajstić information content (AvgIpc) is 2.20. The minimum atomic E-state index is 0.490. The van der Waals surface area contributed by atoms with E-state index in [-0.39, 0.29) is 0 Å². The van der Waals surface area contributed by atoms with Gasteiger partial charge in [-0.1, -0.05) is 6.92 Å². The van der Waals surface area contributed by atoms with Crippen LogP contribution in [0.1, 0.15) is 39.0 Å². The second-order valence-corrected chi connectivity index (χ2v) is 4.49. The summed E-state index contributed by atoms with van der Waals surface area (Å²) in [6.45, 7) is 5.09. The van der Waals surface area contributed by atoms with Crippen molar-refractivity contribution in [1.82, 2.24) is 0 Å². The van der Waals surface area contributed by atoms with Crippen LogP contribution in [0.5, 0.6) is 0 Å². The van der Waals surface area contributed by atoms with Gasteiger partial charge in [0.2, 0.25) is 0 Å². The number of ether oxygens (including phenoxy) is 2. The molecule has 0 amide bonds. The highest BCUT2D eigenvalue weighted by molar-refractivity contribution is 4.86. The fourth-order valence-corrected chi connectivity index (χ4v) is 2.44. The van der Waals surface area contributed by atoms with Crippen LogP contribution in [0.15, 0.2) is 0 Å². The monoisotopic (exact) mass is 184 g/mol. The lowest BCUT2D eigenvalue weighted by Gasteiger charge is -2.42. The van der Waals surface area contributed by atoms with Crippen LogP contribution in [0.3, 0.4) is 0 Å². The lowest BCUT2D eigenvalue weighted by molar-refractivity contribution is -0.105. The van der Waals surface area contributed by atoms with Crippen LogP contribution in [0.25, 0.3) is 0 Å². The maximum Gasteiger partial charge on any atom is 0.0573 e. The van der Waals surface area contributed by atoms with Gasteiger partial charge in [0.15, 0.2) is 0 Å². The molecule has 0 aromatic heterocycles.